The summed E-state index contributed by atoms with van der Waals surface area (Å²) in [6.45, 7) is 3.85. The molecule has 8 heteroatoms. The zero-order valence-electron chi connectivity index (χ0n) is 13.7. The third kappa shape index (κ3) is 2.93. The van der Waals surface area contributed by atoms with E-state index in [0.717, 1.165) is 16.8 Å². The number of carboxylic acid groups (broad SMARTS) is 1. The van der Waals surface area contributed by atoms with Gasteiger partial charge in [-0.3, -0.25) is 9.78 Å². The van der Waals surface area contributed by atoms with Crippen LogP contribution in [0.4, 0.5) is 4.79 Å². The summed E-state index contributed by atoms with van der Waals surface area (Å²) in [5.74, 6) is -0.287. The Morgan fingerprint density at radius 2 is 2.12 bits per heavy atom. The first kappa shape index (κ1) is 17.0. The van der Waals surface area contributed by atoms with Crippen LogP contribution in [0, 0.1) is 12.8 Å². The molecule has 1 atom stereocenters. The van der Waals surface area contributed by atoms with E-state index in [2.05, 4.69) is 4.98 Å². The highest BCUT2D eigenvalue weighted by molar-refractivity contribution is 6.32. The number of fused-ring (bicyclic) bond motifs is 1. The lowest BCUT2D eigenvalue weighted by atomic mass is 10.1. The molecule has 130 valence electrons. The second kappa shape index (κ2) is 6.57. The number of hydrogen-bond acceptors (Lipinski definition) is 4. The van der Waals surface area contributed by atoms with Gasteiger partial charge in [-0.1, -0.05) is 11.6 Å². The first-order valence-corrected chi connectivity index (χ1v) is 8.22. The van der Waals surface area contributed by atoms with Crippen molar-refractivity contribution in [2.75, 3.05) is 20.2 Å². The maximum absolute atomic E-state index is 12.7. The number of nitrogens with zero attached hydrogens (tertiary/aromatic N) is 3. The van der Waals surface area contributed by atoms with E-state index in [4.69, 9.17) is 21.4 Å². The smallest absolute Gasteiger partial charge is 0.407 e. The van der Waals surface area contributed by atoms with Gasteiger partial charge < -0.3 is 19.6 Å². The largest absolute Gasteiger partial charge is 0.465 e. The first-order valence-electron chi connectivity index (χ1n) is 7.84. The molecule has 1 saturated heterocycles. The van der Waals surface area contributed by atoms with Crippen LogP contribution in [0.15, 0.2) is 0 Å². The summed E-state index contributed by atoms with van der Waals surface area (Å²) in [5, 5.41) is 9.62. The molecular weight excluding hydrogens is 334 g/mol. The van der Waals surface area contributed by atoms with Gasteiger partial charge in [0.2, 0.25) is 5.91 Å². The quantitative estimate of drug-likeness (QED) is 0.899. The number of carbonyl (C=O) groups excluding carboxylic acids is 1. The van der Waals surface area contributed by atoms with E-state index in [0.29, 0.717) is 43.4 Å². The van der Waals surface area contributed by atoms with Crippen LogP contribution in [0.25, 0.3) is 0 Å². The lowest BCUT2D eigenvalue weighted by molar-refractivity contribution is -0.135. The molecule has 1 aromatic heterocycles. The average Bonchev–Trinajstić information content (AvgIpc) is 3.19. The molecule has 24 heavy (non-hydrogen) atoms. The van der Waals surface area contributed by atoms with Crippen molar-refractivity contribution in [3.8, 4) is 0 Å². The van der Waals surface area contributed by atoms with E-state index in [-0.39, 0.29) is 18.4 Å². The van der Waals surface area contributed by atoms with Crippen LogP contribution in [-0.4, -0.2) is 52.1 Å². The molecule has 0 bridgehead atoms. The van der Waals surface area contributed by atoms with Gasteiger partial charge in [0, 0.05) is 26.7 Å². The summed E-state index contributed by atoms with van der Waals surface area (Å²) in [6, 6.07) is 0. The van der Waals surface area contributed by atoms with Crippen LogP contribution in [0.2, 0.25) is 5.02 Å². The molecule has 0 radical (unpaired) electrons. The molecule has 1 aromatic rings. The van der Waals surface area contributed by atoms with Gasteiger partial charge in [-0.2, -0.15) is 0 Å². The highest BCUT2D eigenvalue weighted by atomic mass is 35.5. The van der Waals surface area contributed by atoms with E-state index < -0.39 is 6.09 Å². The predicted molar refractivity (Wildman–Crippen MR) is 86.7 cm³/mol. The number of rotatable bonds is 3. The van der Waals surface area contributed by atoms with E-state index in [1.165, 1.54) is 4.90 Å². The minimum Gasteiger partial charge on any atom is -0.465 e. The maximum Gasteiger partial charge on any atom is 0.407 e. The van der Waals surface area contributed by atoms with E-state index >= 15 is 0 Å². The number of carbonyl (C=O) groups is 2. The van der Waals surface area contributed by atoms with Gasteiger partial charge in [-0.05, 0) is 24.5 Å². The SMILES string of the molecule is COCc1nc2c(c(C)c1Cl)CN(C(=O)[C@@H]1CCN(C(=O)O)C1)C2. The Labute approximate surface area is 145 Å². The highest BCUT2D eigenvalue weighted by Gasteiger charge is 2.36. The third-order valence-electron chi connectivity index (χ3n) is 4.74. The molecule has 2 amide bonds. The number of halogens is 1. The van der Waals surface area contributed by atoms with Gasteiger partial charge in [0.1, 0.15) is 0 Å². The molecule has 1 fully saturated rings. The number of amides is 2. The Balaban J connectivity index is 1.75. The van der Waals surface area contributed by atoms with Crippen LogP contribution >= 0.6 is 11.6 Å². The van der Waals surface area contributed by atoms with E-state index in [1.807, 2.05) is 6.92 Å². The minimum absolute atomic E-state index is 0.0134. The molecular formula is C16H20ClN3O4. The fraction of sp³-hybridized carbons (Fsp3) is 0.562. The fourth-order valence-corrected chi connectivity index (χ4v) is 3.61. The van der Waals surface area contributed by atoms with Crippen LogP contribution in [0.3, 0.4) is 0 Å². The zero-order chi connectivity index (χ0) is 17.4. The lowest BCUT2D eigenvalue weighted by Gasteiger charge is -2.19. The van der Waals surface area contributed by atoms with Crippen LogP contribution < -0.4 is 0 Å². The van der Waals surface area contributed by atoms with Crippen molar-refractivity contribution in [2.24, 2.45) is 5.92 Å². The number of methoxy groups -OCH3 is 1. The van der Waals surface area contributed by atoms with Crippen LogP contribution in [-0.2, 0) is 29.2 Å². The van der Waals surface area contributed by atoms with Crippen molar-refractivity contribution in [1.29, 1.82) is 0 Å². The molecule has 3 rings (SSSR count). The second-order valence-electron chi connectivity index (χ2n) is 6.26. The van der Waals surface area contributed by atoms with Crippen molar-refractivity contribution < 1.29 is 19.4 Å². The highest BCUT2D eigenvalue weighted by Crippen LogP contribution is 2.32. The number of hydrogen-bond donors (Lipinski definition) is 1. The molecule has 0 spiro atoms. The molecule has 0 aromatic carbocycles. The summed E-state index contributed by atoms with van der Waals surface area (Å²) < 4.78 is 5.12. The monoisotopic (exact) mass is 353 g/mol. The summed E-state index contributed by atoms with van der Waals surface area (Å²) in [5.41, 5.74) is 3.46. The van der Waals surface area contributed by atoms with Gasteiger partial charge in [-0.15, -0.1) is 0 Å². The fourth-order valence-electron chi connectivity index (χ4n) is 3.39. The molecule has 3 heterocycles. The van der Waals surface area contributed by atoms with Gasteiger partial charge in [0.25, 0.3) is 0 Å². The Morgan fingerprint density at radius 3 is 2.75 bits per heavy atom. The topological polar surface area (TPSA) is 83.0 Å². The maximum atomic E-state index is 12.7. The Morgan fingerprint density at radius 1 is 1.38 bits per heavy atom. The second-order valence-corrected chi connectivity index (χ2v) is 6.64. The Hall–Kier alpha value is -1.86. The predicted octanol–water partition coefficient (Wildman–Crippen LogP) is 2.03. The first-order chi connectivity index (χ1) is 11.4. The zero-order valence-corrected chi connectivity index (χ0v) is 14.5. The van der Waals surface area contributed by atoms with Crippen LogP contribution in [0.5, 0.6) is 0 Å². The van der Waals surface area contributed by atoms with E-state index in [1.54, 1.807) is 12.0 Å². The Bertz CT molecular complexity index is 694. The molecule has 0 unspecified atom stereocenters. The third-order valence-corrected chi connectivity index (χ3v) is 5.25. The van der Waals surface area contributed by atoms with Gasteiger partial charge in [0.05, 0.1) is 35.5 Å². The van der Waals surface area contributed by atoms with E-state index in [9.17, 15) is 9.59 Å². The molecule has 0 aliphatic carbocycles. The normalized spacial score (nSPS) is 19.7. The van der Waals surface area contributed by atoms with Crippen molar-refractivity contribution in [3.63, 3.8) is 0 Å². The van der Waals surface area contributed by atoms with Gasteiger partial charge in [0.15, 0.2) is 0 Å². The standard InChI is InChI=1S/C16H20ClN3O4/c1-9-11-6-20(7-12(11)18-13(8-24-2)14(9)17)15(21)10-3-4-19(5-10)16(22)23/h10H,3-8H2,1-2H3,(H,22,23)/t10-/m1/s1. The van der Waals surface area contributed by atoms with Crippen LogP contribution in [0.1, 0.15) is 28.9 Å². The van der Waals surface area contributed by atoms with Gasteiger partial charge in [-0.25, -0.2) is 4.79 Å². The number of pyridine rings is 1. The molecule has 2 aliphatic heterocycles. The van der Waals surface area contributed by atoms with Crippen molar-refractivity contribution >= 4 is 23.6 Å². The number of ether oxygens (including phenoxy) is 1. The average molecular weight is 354 g/mol. The summed E-state index contributed by atoms with van der Waals surface area (Å²) in [7, 11) is 1.59. The summed E-state index contributed by atoms with van der Waals surface area (Å²) >= 11 is 6.35. The molecule has 1 N–H and O–H groups in total. The summed E-state index contributed by atoms with van der Waals surface area (Å²) in [4.78, 5) is 31.3. The lowest BCUT2D eigenvalue weighted by Crippen LogP contribution is -2.35. The molecule has 7 nitrogen and oxygen atoms in total. The summed E-state index contributed by atoms with van der Waals surface area (Å²) in [6.07, 6.45) is -0.399. The number of likely N-dealkylation sites (tertiary alicyclic amines) is 1. The van der Waals surface area contributed by atoms with Gasteiger partial charge >= 0.3 is 6.09 Å². The van der Waals surface area contributed by atoms with Crippen molar-refractivity contribution in [3.05, 3.63) is 27.5 Å². The Kier molecular flexibility index (Phi) is 4.64. The van der Waals surface area contributed by atoms with Crippen molar-refractivity contribution in [1.82, 2.24) is 14.8 Å². The number of aromatic nitrogens is 1. The molecule has 0 saturated carbocycles. The van der Waals surface area contributed by atoms with Crippen molar-refractivity contribution in [2.45, 2.75) is 33.0 Å². The molecule has 2 aliphatic rings. The minimum atomic E-state index is -0.969.